The molecule has 1 atom stereocenters. The van der Waals surface area contributed by atoms with Gasteiger partial charge in [0.2, 0.25) is 0 Å². The van der Waals surface area contributed by atoms with E-state index < -0.39 is 6.10 Å². The number of amides is 2. The molecule has 0 heterocycles. The standard InChI is InChI=1S/C23H21ClN2O4/c1-15(22(27)26-20-5-3-4-6-21(20)29-2)30-19-13-7-16(8-14-19)23(28)25-18-11-9-17(24)10-12-18/h3-15H,1-2H3,(H,25,28)(H,26,27). The van der Waals surface area contributed by atoms with Gasteiger partial charge in [0.05, 0.1) is 12.8 Å². The average molecular weight is 425 g/mol. The van der Waals surface area contributed by atoms with Gasteiger partial charge in [-0.3, -0.25) is 9.59 Å². The first-order valence-electron chi connectivity index (χ1n) is 9.24. The minimum atomic E-state index is -0.747. The number of rotatable bonds is 7. The molecule has 0 fully saturated rings. The molecule has 0 saturated carbocycles. The van der Waals surface area contributed by atoms with E-state index in [1.54, 1.807) is 73.7 Å². The van der Waals surface area contributed by atoms with Crippen molar-refractivity contribution < 1.29 is 19.1 Å². The Balaban J connectivity index is 1.58. The number of halogens is 1. The first-order valence-corrected chi connectivity index (χ1v) is 9.61. The molecule has 0 saturated heterocycles. The van der Waals surface area contributed by atoms with Crippen molar-refractivity contribution in [3.63, 3.8) is 0 Å². The molecule has 0 aliphatic rings. The Kier molecular flexibility index (Phi) is 6.93. The Hall–Kier alpha value is -3.51. The van der Waals surface area contributed by atoms with Gasteiger partial charge in [0.25, 0.3) is 11.8 Å². The molecule has 30 heavy (non-hydrogen) atoms. The van der Waals surface area contributed by atoms with Gasteiger partial charge in [0, 0.05) is 16.3 Å². The molecule has 0 aliphatic carbocycles. The van der Waals surface area contributed by atoms with Crippen LogP contribution in [0, 0.1) is 0 Å². The van der Waals surface area contributed by atoms with Crippen LogP contribution in [0.3, 0.4) is 0 Å². The lowest BCUT2D eigenvalue weighted by molar-refractivity contribution is -0.122. The molecule has 3 rings (SSSR count). The summed E-state index contributed by atoms with van der Waals surface area (Å²) in [6, 6.07) is 20.5. The fourth-order valence-corrected chi connectivity index (χ4v) is 2.79. The molecule has 2 amide bonds. The molecule has 2 N–H and O–H groups in total. The first-order chi connectivity index (χ1) is 14.5. The summed E-state index contributed by atoms with van der Waals surface area (Å²) < 4.78 is 10.9. The van der Waals surface area contributed by atoms with E-state index in [4.69, 9.17) is 21.1 Å². The number of anilines is 2. The van der Waals surface area contributed by atoms with Gasteiger partial charge < -0.3 is 20.1 Å². The van der Waals surface area contributed by atoms with E-state index in [9.17, 15) is 9.59 Å². The van der Waals surface area contributed by atoms with Crippen LogP contribution in [0.25, 0.3) is 0 Å². The lowest BCUT2D eigenvalue weighted by Crippen LogP contribution is -2.30. The minimum absolute atomic E-state index is 0.258. The van der Waals surface area contributed by atoms with Crippen LogP contribution >= 0.6 is 11.6 Å². The van der Waals surface area contributed by atoms with E-state index >= 15 is 0 Å². The van der Waals surface area contributed by atoms with E-state index in [1.165, 1.54) is 7.11 Å². The highest BCUT2D eigenvalue weighted by Gasteiger charge is 2.17. The molecule has 154 valence electrons. The normalized spacial score (nSPS) is 11.3. The molecule has 3 aromatic carbocycles. The van der Waals surface area contributed by atoms with Crippen LogP contribution in [0.15, 0.2) is 72.8 Å². The maximum atomic E-state index is 12.4. The van der Waals surface area contributed by atoms with Gasteiger partial charge in [-0.1, -0.05) is 23.7 Å². The predicted octanol–water partition coefficient (Wildman–Crippen LogP) is 5.01. The number of carbonyl (C=O) groups is 2. The van der Waals surface area contributed by atoms with Gasteiger partial charge in [-0.2, -0.15) is 0 Å². The van der Waals surface area contributed by atoms with Crippen molar-refractivity contribution in [3.8, 4) is 11.5 Å². The zero-order valence-corrected chi connectivity index (χ0v) is 17.3. The van der Waals surface area contributed by atoms with Gasteiger partial charge in [-0.25, -0.2) is 0 Å². The van der Waals surface area contributed by atoms with Crippen molar-refractivity contribution in [1.29, 1.82) is 0 Å². The Morgan fingerprint density at radius 1 is 0.900 bits per heavy atom. The molecular formula is C23H21ClN2O4. The Morgan fingerprint density at radius 3 is 2.23 bits per heavy atom. The van der Waals surface area contributed by atoms with Gasteiger partial charge >= 0.3 is 0 Å². The molecule has 3 aromatic rings. The average Bonchev–Trinajstić information content (AvgIpc) is 2.76. The number of hydrogen-bond acceptors (Lipinski definition) is 4. The lowest BCUT2D eigenvalue weighted by atomic mass is 10.2. The van der Waals surface area contributed by atoms with Crippen molar-refractivity contribution in [1.82, 2.24) is 0 Å². The Labute approximate surface area is 179 Å². The summed E-state index contributed by atoms with van der Waals surface area (Å²) in [6.45, 7) is 1.64. The number of carbonyl (C=O) groups excluding carboxylic acids is 2. The van der Waals surface area contributed by atoms with Crippen LogP contribution < -0.4 is 20.1 Å². The van der Waals surface area contributed by atoms with Crippen LogP contribution in [-0.4, -0.2) is 25.0 Å². The highest BCUT2D eigenvalue weighted by molar-refractivity contribution is 6.30. The second-order valence-corrected chi connectivity index (χ2v) is 6.87. The zero-order chi connectivity index (χ0) is 21.5. The van der Waals surface area contributed by atoms with Crippen LogP contribution in [0.5, 0.6) is 11.5 Å². The first kappa shape index (κ1) is 21.2. The number of nitrogens with one attached hydrogen (secondary N) is 2. The maximum Gasteiger partial charge on any atom is 0.265 e. The van der Waals surface area contributed by atoms with Crippen molar-refractivity contribution >= 4 is 34.8 Å². The third kappa shape index (κ3) is 5.52. The smallest absolute Gasteiger partial charge is 0.265 e. The van der Waals surface area contributed by atoms with Crippen molar-refractivity contribution in [2.24, 2.45) is 0 Å². The molecule has 0 aliphatic heterocycles. The summed E-state index contributed by atoms with van der Waals surface area (Å²) in [5, 5.41) is 6.16. The summed E-state index contributed by atoms with van der Waals surface area (Å²) in [4.78, 5) is 24.8. The molecule has 0 bridgehead atoms. The van der Waals surface area contributed by atoms with E-state index in [1.807, 2.05) is 6.07 Å². The minimum Gasteiger partial charge on any atom is -0.495 e. The summed E-state index contributed by atoms with van der Waals surface area (Å²) in [7, 11) is 1.54. The molecule has 1 unspecified atom stereocenters. The Bertz CT molecular complexity index is 1020. The second kappa shape index (κ2) is 9.80. The molecular weight excluding hydrogens is 404 g/mol. The van der Waals surface area contributed by atoms with Crippen molar-refractivity contribution in [3.05, 3.63) is 83.4 Å². The van der Waals surface area contributed by atoms with Crippen molar-refractivity contribution in [2.45, 2.75) is 13.0 Å². The van der Waals surface area contributed by atoms with Gasteiger partial charge in [-0.15, -0.1) is 0 Å². The Morgan fingerprint density at radius 2 is 1.57 bits per heavy atom. The summed E-state index contributed by atoms with van der Waals surface area (Å²) in [5.74, 6) is 0.463. The number of para-hydroxylation sites is 2. The van der Waals surface area contributed by atoms with Crippen molar-refractivity contribution in [2.75, 3.05) is 17.7 Å². The second-order valence-electron chi connectivity index (χ2n) is 6.44. The van der Waals surface area contributed by atoms with E-state index in [2.05, 4.69) is 10.6 Å². The maximum absolute atomic E-state index is 12.4. The third-order valence-corrected chi connectivity index (χ3v) is 4.52. The van der Waals surface area contributed by atoms with Gasteiger partial charge in [-0.05, 0) is 67.6 Å². The predicted molar refractivity (Wildman–Crippen MR) is 118 cm³/mol. The van der Waals surface area contributed by atoms with Crippen LogP contribution in [0.1, 0.15) is 17.3 Å². The fraction of sp³-hybridized carbons (Fsp3) is 0.130. The quantitative estimate of drug-likeness (QED) is 0.559. The molecule has 0 aromatic heterocycles. The summed E-state index contributed by atoms with van der Waals surface area (Å²) in [6.07, 6.45) is -0.747. The molecule has 6 nitrogen and oxygen atoms in total. The molecule has 0 radical (unpaired) electrons. The van der Waals surface area contributed by atoms with Crippen LogP contribution in [-0.2, 0) is 4.79 Å². The number of benzene rings is 3. The topological polar surface area (TPSA) is 76.7 Å². The third-order valence-electron chi connectivity index (χ3n) is 4.27. The summed E-state index contributed by atoms with van der Waals surface area (Å²) >= 11 is 5.85. The van der Waals surface area contributed by atoms with E-state index in [-0.39, 0.29) is 11.8 Å². The fourth-order valence-electron chi connectivity index (χ4n) is 2.66. The molecule has 7 heteroatoms. The zero-order valence-electron chi connectivity index (χ0n) is 16.5. The van der Waals surface area contributed by atoms with E-state index in [0.717, 1.165) is 0 Å². The highest BCUT2D eigenvalue weighted by atomic mass is 35.5. The van der Waals surface area contributed by atoms with Crippen LogP contribution in [0.2, 0.25) is 5.02 Å². The molecule has 0 spiro atoms. The SMILES string of the molecule is COc1ccccc1NC(=O)C(C)Oc1ccc(C(=O)Nc2ccc(Cl)cc2)cc1. The van der Waals surface area contributed by atoms with E-state index in [0.29, 0.717) is 33.5 Å². The van der Waals surface area contributed by atoms with Crippen LogP contribution in [0.4, 0.5) is 11.4 Å². The highest BCUT2D eigenvalue weighted by Crippen LogP contribution is 2.24. The monoisotopic (exact) mass is 424 g/mol. The van der Waals surface area contributed by atoms with Gasteiger partial charge in [0.1, 0.15) is 11.5 Å². The number of methoxy groups -OCH3 is 1. The number of hydrogen-bond donors (Lipinski definition) is 2. The lowest BCUT2D eigenvalue weighted by Gasteiger charge is -2.16. The number of ether oxygens (including phenoxy) is 2. The largest absolute Gasteiger partial charge is 0.495 e. The van der Waals surface area contributed by atoms with Gasteiger partial charge in [0.15, 0.2) is 6.10 Å². The summed E-state index contributed by atoms with van der Waals surface area (Å²) in [5.41, 5.74) is 1.67.